The third kappa shape index (κ3) is 6.46. The van der Waals surface area contributed by atoms with Gasteiger partial charge in [0.25, 0.3) is 6.34 Å². The van der Waals surface area contributed by atoms with Gasteiger partial charge in [-0.05, 0) is 67.0 Å². The zero-order valence-electron chi connectivity index (χ0n) is 23.8. The van der Waals surface area contributed by atoms with Crippen LogP contribution in [0.15, 0.2) is 64.8 Å². The van der Waals surface area contributed by atoms with Gasteiger partial charge in [-0.1, -0.05) is 44.5 Å². The van der Waals surface area contributed by atoms with Crippen molar-refractivity contribution in [2.45, 2.75) is 58.7 Å². The zero-order chi connectivity index (χ0) is 29.2. The van der Waals surface area contributed by atoms with E-state index in [-0.39, 0.29) is 11.4 Å². The molecular weight excluding hydrogens is 515 g/mol. The number of fused-ring (bicyclic) bond motifs is 1. The highest BCUT2D eigenvalue weighted by atomic mass is 19.4. The number of imidazole rings is 1. The molecule has 1 fully saturated rings. The molecule has 3 heterocycles. The van der Waals surface area contributed by atoms with E-state index in [0.717, 1.165) is 48.0 Å². The number of halogens is 3. The quantitative estimate of drug-likeness (QED) is 0.176. The number of pyridine rings is 1. The van der Waals surface area contributed by atoms with E-state index in [0.29, 0.717) is 29.6 Å². The summed E-state index contributed by atoms with van der Waals surface area (Å²) in [6.45, 7) is 16.2. The van der Waals surface area contributed by atoms with E-state index in [1.807, 2.05) is 29.8 Å². The van der Waals surface area contributed by atoms with Gasteiger partial charge in [0.15, 0.2) is 0 Å². The van der Waals surface area contributed by atoms with E-state index in [9.17, 15) is 18.0 Å². The minimum Gasteiger partial charge on any atom is -0.299 e. The molecule has 40 heavy (non-hydrogen) atoms. The average Bonchev–Trinajstić information content (AvgIpc) is 3.22. The first-order chi connectivity index (χ1) is 18.9. The zero-order valence-corrected chi connectivity index (χ0v) is 23.8. The van der Waals surface area contributed by atoms with E-state index < -0.39 is 17.4 Å². The lowest BCUT2D eigenvalue weighted by atomic mass is 9.87. The van der Waals surface area contributed by atoms with Crippen LogP contribution >= 0.6 is 0 Å². The summed E-state index contributed by atoms with van der Waals surface area (Å²) in [4.78, 5) is 19.6. The predicted octanol–water partition coefficient (Wildman–Crippen LogP) is 6.36. The largest absolute Gasteiger partial charge is 0.418 e. The summed E-state index contributed by atoms with van der Waals surface area (Å²) in [6, 6.07) is 8.57. The Morgan fingerprint density at radius 3 is 2.65 bits per heavy atom. The van der Waals surface area contributed by atoms with Crippen LogP contribution in [-0.4, -0.2) is 51.6 Å². The summed E-state index contributed by atoms with van der Waals surface area (Å²) in [6.07, 6.45) is 2.78. The fraction of sp³-hybridized carbons (Fsp3) is 0.452. The van der Waals surface area contributed by atoms with Gasteiger partial charge in [0.2, 0.25) is 0 Å². The van der Waals surface area contributed by atoms with E-state index in [2.05, 4.69) is 44.0 Å². The first-order valence-electron chi connectivity index (χ1n) is 13.8. The van der Waals surface area contributed by atoms with Gasteiger partial charge < -0.3 is 0 Å². The number of hydrogen-bond donors (Lipinski definition) is 0. The number of aliphatic imine (C=N–C) groups is 1. The van der Waals surface area contributed by atoms with Gasteiger partial charge in [0, 0.05) is 31.4 Å². The summed E-state index contributed by atoms with van der Waals surface area (Å²) in [5.41, 5.74) is 1.21. The van der Waals surface area contributed by atoms with E-state index in [1.54, 1.807) is 18.6 Å². The van der Waals surface area contributed by atoms with Gasteiger partial charge in [0.05, 0.1) is 23.8 Å². The van der Waals surface area contributed by atoms with Gasteiger partial charge in [-0.2, -0.15) is 13.2 Å². The monoisotopic (exact) mass is 554 g/mol. The van der Waals surface area contributed by atoms with Crippen molar-refractivity contribution in [2.24, 2.45) is 16.8 Å². The SMILES string of the molecule is C=NC=[N+](C)C(=C)[C@H](CC(C)C)c1cccc(-n2cc3c(C(F)(F)F)cc(CN4CCC[C@H](C)C4)cn3c2=O)c1. The Morgan fingerprint density at radius 1 is 1.25 bits per heavy atom. The van der Waals surface area contributed by atoms with Crippen molar-refractivity contribution < 1.29 is 17.7 Å². The highest BCUT2D eigenvalue weighted by Gasteiger charge is 2.35. The molecule has 3 aromatic rings. The fourth-order valence-electron chi connectivity index (χ4n) is 5.70. The molecule has 1 aliphatic rings. The van der Waals surface area contributed by atoms with Crippen molar-refractivity contribution in [3.63, 3.8) is 0 Å². The van der Waals surface area contributed by atoms with Crippen molar-refractivity contribution in [1.29, 1.82) is 0 Å². The molecule has 2 aromatic heterocycles. The van der Waals surface area contributed by atoms with Crippen LogP contribution in [0.25, 0.3) is 11.2 Å². The molecular formula is C31H39F3N5O+. The first-order valence-corrected chi connectivity index (χ1v) is 13.8. The molecule has 9 heteroatoms. The smallest absolute Gasteiger partial charge is 0.299 e. The van der Waals surface area contributed by atoms with Gasteiger partial charge in [-0.3, -0.25) is 13.9 Å². The van der Waals surface area contributed by atoms with Gasteiger partial charge >= 0.3 is 11.9 Å². The van der Waals surface area contributed by atoms with Crippen LogP contribution in [0.1, 0.15) is 62.6 Å². The standard InChI is InChI=1S/C31H39F3N5O/c1-21(2)13-27(23(4)36(6)20-35-5)25-10-7-11-26(15-25)38-19-29-28(31(32,33)34)14-24(18-39(29)30(38)40)17-37-12-8-9-22(3)16-37/h7,10-11,14-15,18-22,27H,4-5,8-9,12-13,16-17H2,1-3,6H3/q+1/t22-,27-/m0/s1. The molecule has 0 unspecified atom stereocenters. The van der Waals surface area contributed by atoms with Gasteiger partial charge in [0.1, 0.15) is 12.4 Å². The number of likely N-dealkylation sites (N-methyl/N-ethyl adjacent to an activating group) is 1. The Balaban J connectivity index is 1.79. The highest BCUT2D eigenvalue weighted by Crippen LogP contribution is 2.35. The van der Waals surface area contributed by atoms with Crippen LogP contribution in [0.3, 0.4) is 0 Å². The second-order valence-corrected chi connectivity index (χ2v) is 11.5. The summed E-state index contributed by atoms with van der Waals surface area (Å²) in [5, 5.41) is 0. The lowest BCUT2D eigenvalue weighted by molar-refractivity contribution is -0.444. The molecule has 0 radical (unpaired) electrons. The summed E-state index contributed by atoms with van der Waals surface area (Å²) in [7, 11) is 1.85. The lowest BCUT2D eigenvalue weighted by Gasteiger charge is -2.31. The second-order valence-electron chi connectivity index (χ2n) is 11.5. The van der Waals surface area contributed by atoms with E-state index in [1.165, 1.54) is 16.8 Å². The van der Waals surface area contributed by atoms with E-state index in [4.69, 9.17) is 0 Å². The average molecular weight is 555 g/mol. The lowest BCUT2D eigenvalue weighted by Crippen LogP contribution is -2.34. The Bertz CT molecular complexity index is 1480. The third-order valence-electron chi connectivity index (χ3n) is 7.64. The third-order valence-corrected chi connectivity index (χ3v) is 7.64. The Labute approximate surface area is 233 Å². The number of nitrogens with zero attached hydrogens (tertiary/aromatic N) is 5. The normalized spacial score (nSPS) is 17.9. The topological polar surface area (TPSA) is 45.0 Å². The minimum absolute atomic E-state index is 0.0834. The molecule has 0 N–H and O–H groups in total. The number of allylic oxidation sites excluding steroid dienone is 1. The summed E-state index contributed by atoms with van der Waals surface area (Å²) < 4.78 is 47.0. The number of piperidine rings is 1. The Morgan fingerprint density at radius 2 is 2.00 bits per heavy atom. The van der Waals surface area contributed by atoms with Crippen LogP contribution < -0.4 is 5.69 Å². The number of likely N-dealkylation sites (tertiary alicyclic amines) is 1. The van der Waals surface area contributed by atoms with Crippen molar-refractivity contribution in [3.8, 4) is 5.69 Å². The molecule has 4 rings (SSSR count). The maximum Gasteiger partial charge on any atom is 0.418 e. The van der Waals surface area contributed by atoms with E-state index >= 15 is 0 Å². The number of rotatable bonds is 9. The van der Waals surface area contributed by atoms with Crippen molar-refractivity contribution in [3.05, 3.63) is 82.2 Å². The number of alkyl halides is 3. The maximum atomic E-state index is 14.2. The molecule has 2 atom stereocenters. The molecule has 0 saturated carbocycles. The molecule has 0 amide bonds. The molecule has 1 saturated heterocycles. The summed E-state index contributed by atoms with van der Waals surface area (Å²) in [5.74, 6) is 0.767. The highest BCUT2D eigenvalue weighted by molar-refractivity contribution is 5.59. The van der Waals surface area contributed by atoms with Crippen molar-refractivity contribution in [1.82, 2.24) is 13.9 Å². The fourth-order valence-corrected chi connectivity index (χ4v) is 5.70. The molecule has 0 bridgehead atoms. The van der Waals surface area contributed by atoms with Gasteiger partial charge in [-0.25, -0.2) is 9.37 Å². The molecule has 1 aromatic carbocycles. The Hall–Kier alpha value is -3.46. The van der Waals surface area contributed by atoms with Crippen LogP contribution in [0.5, 0.6) is 0 Å². The van der Waals surface area contributed by atoms with Gasteiger partial charge in [-0.15, -0.1) is 0 Å². The van der Waals surface area contributed by atoms with Crippen LogP contribution in [-0.2, 0) is 12.7 Å². The molecule has 6 nitrogen and oxygen atoms in total. The van der Waals surface area contributed by atoms with Crippen molar-refractivity contribution >= 4 is 18.6 Å². The summed E-state index contributed by atoms with van der Waals surface area (Å²) >= 11 is 0. The maximum absolute atomic E-state index is 14.2. The number of aromatic nitrogens is 2. The van der Waals surface area contributed by atoms with Crippen LogP contribution in [0.4, 0.5) is 13.2 Å². The Kier molecular flexibility index (Phi) is 8.83. The molecule has 0 aliphatic carbocycles. The second kappa shape index (κ2) is 12.0. The number of benzene rings is 1. The first kappa shape index (κ1) is 29.5. The molecule has 214 valence electrons. The molecule has 1 aliphatic heterocycles. The van der Waals surface area contributed by atoms with Crippen LogP contribution in [0.2, 0.25) is 0 Å². The minimum atomic E-state index is -4.60. The number of hydrogen-bond acceptors (Lipinski definition) is 2. The van der Waals surface area contributed by atoms with Crippen LogP contribution in [0, 0.1) is 11.8 Å². The van der Waals surface area contributed by atoms with Crippen molar-refractivity contribution in [2.75, 3.05) is 20.1 Å². The molecule has 0 spiro atoms. The predicted molar refractivity (Wildman–Crippen MR) is 155 cm³/mol.